The van der Waals surface area contributed by atoms with Gasteiger partial charge >= 0.3 is 0 Å². The highest BCUT2D eigenvalue weighted by atomic mass is 32.2. The van der Waals surface area contributed by atoms with Crippen molar-refractivity contribution in [2.75, 3.05) is 23.7 Å². The van der Waals surface area contributed by atoms with Crippen LogP contribution in [0.15, 0.2) is 24.3 Å². The van der Waals surface area contributed by atoms with Crippen LogP contribution < -0.4 is 4.31 Å². The molecule has 1 aromatic rings. The number of hydrogen-bond donors (Lipinski definition) is 0. The molecule has 5 nitrogen and oxygen atoms in total. The number of rotatable bonds is 6. The topological polar surface area (TPSA) is 70.4 Å². The Kier molecular flexibility index (Phi) is 5.33. The van der Waals surface area contributed by atoms with Crippen LogP contribution in [0.1, 0.15) is 19.4 Å². The van der Waals surface area contributed by atoms with Crippen LogP contribution in [-0.2, 0) is 14.8 Å². The molecule has 0 amide bonds. The van der Waals surface area contributed by atoms with E-state index >= 15 is 0 Å². The summed E-state index contributed by atoms with van der Waals surface area (Å²) in [6, 6.07) is 8.47. The molecule has 0 spiro atoms. The second-order valence-corrected chi connectivity index (χ2v) is 6.48. The third kappa shape index (κ3) is 4.54. The normalized spacial score (nSPS) is 11.3. The first-order chi connectivity index (χ1) is 8.86. The summed E-state index contributed by atoms with van der Waals surface area (Å²) in [7, 11) is -1.96. The number of nitrogens with zero attached hydrogens (tertiary/aromatic N) is 2. The predicted octanol–water partition coefficient (Wildman–Crippen LogP) is 1.75. The Hall–Kier alpha value is -1.58. The molecule has 6 heteroatoms. The van der Waals surface area contributed by atoms with Gasteiger partial charge in [-0.2, -0.15) is 5.26 Å². The van der Waals surface area contributed by atoms with Gasteiger partial charge < -0.3 is 4.74 Å². The molecule has 0 bridgehead atoms. The van der Waals surface area contributed by atoms with Crippen molar-refractivity contribution in [3.05, 3.63) is 29.8 Å². The number of benzene rings is 1. The van der Waals surface area contributed by atoms with E-state index in [0.29, 0.717) is 11.3 Å². The molecule has 0 aromatic heterocycles. The van der Waals surface area contributed by atoms with Crippen LogP contribution in [-0.4, -0.2) is 33.9 Å². The zero-order valence-electron chi connectivity index (χ0n) is 11.3. The summed E-state index contributed by atoms with van der Waals surface area (Å²) in [4.78, 5) is 0. The highest BCUT2D eigenvalue weighted by molar-refractivity contribution is 7.92. The van der Waals surface area contributed by atoms with Gasteiger partial charge in [0.15, 0.2) is 0 Å². The van der Waals surface area contributed by atoms with Crippen molar-refractivity contribution in [1.29, 1.82) is 5.26 Å². The van der Waals surface area contributed by atoms with Gasteiger partial charge in [0.1, 0.15) is 0 Å². The molecule has 1 aromatic carbocycles. The van der Waals surface area contributed by atoms with Gasteiger partial charge in [-0.1, -0.05) is 6.07 Å². The predicted molar refractivity (Wildman–Crippen MR) is 74.4 cm³/mol. The van der Waals surface area contributed by atoms with Crippen molar-refractivity contribution in [3.8, 4) is 6.07 Å². The van der Waals surface area contributed by atoms with Crippen LogP contribution in [0.3, 0.4) is 0 Å². The molecular weight excluding hydrogens is 264 g/mol. The first-order valence-corrected chi connectivity index (χ1v) is 7.56. The molecule has 0 aliphatic heterocycles. The molecule has 0 radical (unpaired) electrons. The third-order valence-electron chi connectivity index (χ3n) is 2.55. The molecular formula is C13H18N2O3S. The zero-order chi connectivity index (χ0) is 14.5. The molecule has 1 rings (SSSR count). The summed E-state index contributed by atoms with van der Waals surface area (Å²) in [5.74, 6) is -0.0849. The van der Waals surface area contributed by atoms with E-state index in [1.165, 1.54) is 11.4 Å². The van der Waals surface area contributed by atoms with Gasteiger partial charge in [0.2, 0.25) is 10.0 Å². The molecule has 0 heterocycles. The average molecular weight is 282 g/mol. The molecule has 19 heavy (non-hydrogen) atoms. The van der Waals surface area contributed by atoms with Gasteiger partial charge in [0.25, 0.3) is 0 Å². The molecule has 0 fully saturated rings. The highest BCUT2D eigenvalue weighted by Gasteiger charge is 2.18. The minimum atomic E-state index is -3.44. The van der Waals surface area contributed by atoms with E-state index in [1.54, 1.807) is 24.3 Å². The molecule has 0 saturated heterocycles. The minimum absolute atomic E-state index is 0.00224. The Balaban J connectivity index is 2.80. The average Bonchev–Trinajstić information content (AvgIpc) is 2.37. The lowest BCUT2D eigenvalue weighted by atomic mass is 10.2. The molecule has 0 aliphatic carbocycles. The van der Waals surface area contributed by atoms with E-state index in [2.05, 4.69) is 0 Å². The first kappa shape index (κ1) is 15.5. The van der Waals surface area contributed by atoms with Crippen LogP contribution >= 0.6 is 0 Å². The fourth-order valence-electron chi connectivity index (χ4n) is 1.46. The van der Waals surface area contributed by atoms with Crippen LogP contribution in [0.25, 0.3) is 0 Å². The monoisotopic (exact) mass is 282 g/mol. The largest absolute Gasteiger partial charge is 0.378 e. The van der Waals surface area contributed by atoms with Crippen molar-refractivity contribution in [1.82, 2.24) is 0 Å². The summed E-state index contributed by atoms with van der Waals surface area (Å²) in [6.45, 7) is 3.86. The first-order valence-electron chi connectivity index (χ1n) is 5.95. The number of ether oxygens (including phenoxy) is 1. The van der Waals surface area contributed by atoms with Crippen LogP contribution in [0.4, 0.5) is 5.69 Å². The van der Waals surface area contributed by atoms with E-state index in [4.69, 9.17) is 10.00 Å². The Bertz CT molecular complexity index is 561. The quantitative estimate of drug-likeness (QED) is 0.797. The maximum Gasteiger partial charge on any atom is 0.237 e. The molecule has 0 unspecified atom stereocenters. The number of hydrogen-bond acceptors (Lipinski definition) is 4. The van der Waals surface area contributed by atoms with E-state index < -0.39 is 10.0 Å². The number of sulfonamides is 1. The lowest BCUT2D eigenvalue weighted by Crippen LogP contribution is -2.31. The SMILES string of the molecule is CC(C)OCCS(=O)(=O)N(C)c1cccc(C#N)c1. The van der Waals surface area contributed by atoms with Crippen LogP contribution in [0.2, 0.25) is 0 Å². The van der Waals surface area contributed by atoms with Crippen molar-refractivity contribution in [2.24, 2.45) is 0 Å². The summed E-state index contributed by atoms with van der Waals surface area (Å²) in [5.41, 5.74) is 0.904. The lowest BCUT2D eigenvalue weighted by molar-refractivity contribution is 0.0912. The minimum Gasteiger partial charge on any atom is -0.378 e. The molecule has 0 saturated carbocycles. The Morgan fingerprint density at radius 1 is 1.42 bits per heavy atom. The number of anilines is 1. The van der Waals surface area contributed by atoms with Gasteiger partial charge in [-0.3, -0.25) is 4.31 Å². The molecule has 0 atom stereocenters. The molecule has 0 N–H and O–H groups in total. The van der Waals surface area contributed by atoms with Gasteiger partial charge in [-0.15, -0.1) is 0 Å². The van der Waals surface area contributed by atoms with E-state index in [0.717, 1.165) is 0 Å². The van der Waals surface area contributed by atoms with E-state index in [-0.39, 0.29) is 18.5 Å². The second-order valence-electron chi connectivity index (χ2n) is 4.37. The summed E-state index contributed by atoms with van der Waals surface area (Å²) in [5, 5.41) is 8.81. The van der Waals surface area contributed by atoms with Crippen LogP contribution in [0, 0.1) is 11.3 Å². The maximum atomic E-state index is 12.1. The van der Waals surface area contributed by atoms with Crippen molar-refractivity contribution in [3.63, 3.8) is 0 Å². The molecule has 0 aliphatic rings. The van der Waals surface area contributed by atoms with Crippen molar-refractivity contribution >= 4 is 15.7 Å². The molecule has 104 valence electrons. The van der Waals surface area contributed by atoms with Crippen molar-refractivity contribution in [2.45, 2.75) is 20.0 Å². The fourth-order valence-corrected chi connectivity index (χ4v) is 2.47. The van der Waals surface area contributed by atoms with Gasteiger partial charge in [0.05, 0.1) is 35.8 Å². The van der Waals surface area contributed by atoms with Gasteiger partial charge in [0, 0.05) is 7.05 Å². The van der Waals surface area contributed by atoms with Crippen molar-refractivity contribution < 1.29 is 13.2 Å². The van der Waals surface area contributed by atoms with Crippen LogP contribution in [0.5, 0.6) is 0 Å². The number of nitriles is 1. The zero-order valence-corrected chi connectivity index (χ0v) is 12.1. The summed E-state index contributed by atoms with van der Waals surface area (Å²) in [6.07, 6.45) is 0.00224. The third-order valence-corrected chi connectivity index (χ3v) is 4.28. The highest BCUT2D eigenvalue weighted by Crippen LogP contribution is 2.17. The second kappa shape index (κ2) is 6.55. The van der Waals surface area contributed by atoms with E-state index in [9.17, 15) is 8.42 Å². The lowest BCUT2D eigenvalue weighted by Gasteiger charge is -2.20. The smallest absolute Gasteiger partial charge is 0.237 e. The summed E-state index contributed by atoms with van der Waals surface area (Å²) < 4.78 is 30.6. The van der Waals surface area contributed by atoms with Gasteiger partial charge in [-0.05, 0) is 32.0 Å². The Morgan fingerprint density at radius 3 is 2.68 bits per heavy atom. The Morgan fingerprint density at radius 2 is 2.11 bits per heavy atom. The maximum absolute atomic E-state index is 12.1. The van der Waals surface area contributed by atoms with Gasteiger partial charge in [-0.25, -0.2) is 8.42 Å². The van der Waals surface area contributed by atoms with E-state index in [1.807, 2.05) is 19.9 Å². The fraction of sp³-hybridized carbons (Fsp3) is 0.462. The Labute approximate surface area is 114 Å². The summed E-state index contributed by atoms with van der Waals surface area (Å²) >= 11 is 0. The standard InChI is InChI=1S/C13H18N2O3S/c1-11(2)18-7-8-19(16,17)15(3)13-6-4-5-12(9-13)10-14/h4-6,9,11H,7-8H2,1-3H3.